The van der Waals surface area contributed by atoms with Crippen LogP contribution in [0.3, 0.4) is 0 Å². The third-order valence-corrected chi connectivity index (χ3v) is 5.50. The van der Waals surface area contributed by atoms with Crippen molar-refractivity contribution in [2.45, 2.75) is 31.8 Å². The van der Waals surface area contributed by atoms with Gasteiger partial charge in [-0.1, -0.05) is 98.1 Å². The quantitative estimate of drug-likeness (QED) is 0.385. The van der Waals surface area contributed by atoms with Gasteiger partial charge in [-0.05, 0) is 41.7 Å². The Balaban J connectivity index is 1.52. The van der Waals surface area contributed by atoms with E-state index in [1.165, 1.54) is 21.9 Å². The summed E-state index contributed by atoms with van der Waals surface area (Å²) in [4.78, 5) is 0. The number of fused-ring (bicyclic) bond motifs is 1. The van der Waals surface area contributed by atoms with Gasteiger partial charge in [0, 0.05) is 17.4 Å². The number of nitrogens with one attached hydrogen (secondary N) is 2. The Hall–Kier alpha value is -3.30. The molecule has 31 heavy (non-hydrogen) atoms. The van der Waals surface area contributed by atoms with Crippen molar-refractivity contribution in [3.05, 3.63) is 121 Å². The van der Waals surface area contributed by atoms with Gasteiger partial charge in [-0.3, -0.25) is 0 Å². The monoisotopic (exact) mass is 411 g/mol. The van der Waals surface area contributed by atoms with Crippen LogP contribution in [0.25, 0.3) is 10.8 Å². The molecule has 3 aromatic rings. The summed E-state index contributed by atoms with van der Waals surface area (Å²) < 4.78 is 0. The van der Waals surface area contributed by atoms with Crippen LogP contribution in [-0.4, -0.2) is 18.6 Å². The molecular formula is C28H33N3. The first-order valence-electron chi connectivity index (χ1n) is 10.7. The molecule has 3 heteroatoms. The minimum atomic E-state index is -0.148. The molecule has 0 radical (unpaired) electrons. The van der Waals surface area contributed by atoms with Crippen LogP contribution in [0.15, 0.2) is 110 Å². The maximum atomic E-state index is 6.31. The van der Waals surface area contributed by atoms with Crippen molar-refractivity contribution in [2.24, 2.45) is 5.73 Å². The third kappa shape index (κ3) is 6.59. The van der Waals surface area contributed by atoms with Crippen LogP contribution in [0.1, 0.15) is 18.1 Å². The smallest absolute Gasteiger partial charge is 0.0539 e. The molecule has 2 atom stereocenters. The average Bonchev–Trinajstić information content (AvgIpc) is 2.77. The summed E-state index contributed by atoms with van der Waals surface area (Å²) >= 11 is 0. The van der Waals surface area contributed by atoms with Crippen LogP contribution >= 0.6 is 0 Å². The molecule has 160 valence electrons. The van der Waals surface area contributed by atoms with Gasteiger partial charge in [0.15, 0.2) is 0 Å². The molecule has 0 saturated heterocycles. The van der Waals surface area contributed by atoms with Crippen LogP contribution in [0.5, 0.6) is 0 Å². The highest BCUT2D eigenvalue weighted by atomic mass is 15.0. The molecule has 3 aromatic carbocycles. The fraction of sp³-hybridized carbons (Fsp3) is 0.214. The largest absolute Gasteiger partial charge is 0.382 e. The molecule has 2 unspecified atom stereocenters. The fourth-order valence-corrected chi connectivity index (χ4v) is 3.59. The molecule has 0 fully saturated rings. The topological polar surface area (TPSA) is 50.1 Å². The molecule has 0 saturated carbocycles. The first-order chi connectivity index (χ1) is 14.9. The van der Waals surface area contributed by atoms with Crippen LogP contribution in [0.4, 0.5) is 0 Å². The Morgan fingerprint density at radius 3 is 2.23 bits per heavy atom. The zero-order valence-electron chi connectivity index (χ0n) is 18.4. The van der Waals surface area contributed by atoms with Crippen molar-refractivity contribution in [3.8, 4) is 0 Å². The van der Waals surface area contributed by atoms with Gasteiger partial charge in [0.1, 0.15) is 0 Å². The lowest BCUT2D eigenvalue weighted by Crippen LogP contribution is -2.38. The van der Waals surface area contributed by atoms with Gasteiger partial charge >= 0.3 is 0 Å². The average molecular weight is 412 g/mol. The second kappa shape index (κ2) is 10.6. The predicted octanol–water partition coefficient (Wildman–Crippen LogP) is 5.10. The molecule has 0 aliphatic heterocycles. The summed E-state index contributed by atoms with van der Waals surface area (Å²) in [7, 11) is 0. The number of nitrogens with two attached hydrogens (primary N) is 1. The third-order valence-electron chi connectivity index (χ3n) is 5.50. The second-order valence-corrected chi connectivity index (χ2v) is 8.21. The molecule has 3 rings (SSSR count). The van der Waals surface area contributed by atoms with E-state index < -0.39 is 0 Å². The highest BCUT2D eigenvalue weighted by Crippen LogP contribution is 2.18. The van der Waals surface area contributed by atoms with E-state index in [4.69, 9.17) is 5.73 Å². The summed E-state index contributed by atoms with van der Waals surface area (Å²) in [6.45, 7) is 15.1. The van der Waals surface area contributed by atoms with Gasteiger partial charge < -0.3 is 16.4 Å². The van der Waals surface area contributed by atoms with E-state index in [1.54, 1.807) is 0 Å². The lowest BCUT2D eigenvalue weighted by Gasteiger charge is -2.24. The van der Waals surface area contributed by atoms with Crippen molar-refractivity contribution in [1.82, 2.24) is 10.6 Å². The van der Waals surface area contributed by atoms with E-state index in [0.29, 0.717) is 6.54 Å². The van der Waals surface area contributed by atoms with Gasteiger partial charge in [-0.25, -0.2) is 0 Å². The predicted molar refractivity (Wildman–Crippen MR) is 134 cm³/mol. The zero-order chi connectivity index (χ0) is 22.2. The molecule has 0 aromatic heterocycles. The first kappa shape index (κ1) is 22.4. The molecule has 0 aliphatic rings. The molecule has 3 nitrogen and oxygen atoms in total. The minimum absolute atomic E-state index is 0.113. The molecule has 4 N–H and O–H groups in total. The lowest BCUT2D eigenvalue weighted by molar-refractivity contribution is 0.606. The molecule has 0 amide bonds. The molecule has 0 heterocycles. The van der Waals surface area contributed by atoms with Gasteiger partial charge in [0.2, 0.25) is 0 Å². The molecule has 0 spiro atoms. The first-order valence-corrected chi connectivity index (χ1v) is 10.7. The lowest BCUT2D eigenvalue weighted by atomic mass is 9.98. The van der Waals surface area contributed by atoms with Crippen molar-refractivity contribution >= 4 is 10.8 Å². The summed E-state index contributed by atoms with van der Waals surface area (Å²) in [5.74, 6) is 0. The Labute approximate surface area is 186 Å². The number of rotatable bonds is 11. The zero-order valence-corrected chi connectivity index (χ0v) is 18.4. The van der Waals surface area contributed by atoms with E-state index in [-0.39, 0.29) is 12.1 Å². The van der Waals surface area contributed by atoms with Crippen molar-refractivity contribution in [1.29, 1.82) is 0 Å². The summed E-state index contributed by atoms with van der Waals surface area (Å²) in [6, 6.07) is 25.2. The highest BCUT2D eigenvalue weighted by molar-refractivity contribution is 5.83. The van der Waals surface area contributed by atoms with E-state index in [1.807, 2.05) is 25.1 Å². The second-order valence-electron chi connectivity index (χ2n) is 8.21. The SMILES string of the molecule is C=C(CNC(=C)C(N)Cc1ccccc1)NC(Cc1ccc2ccccc2c1)C(=C)C. The van der Waals surface area contributed by atoms with Gasteiger partial charge in [0.05, 0.1) is 12.6 Å². The number of hydrogen-bond donors (Lipinski definition) is 3. The Morgan fingerprint density at radius 2 is 1.52 bits per heavy atom. The number of benzene rings is 3. The standard InChI is InChI=1S/C28H33N3/c1-20(2)28(18-24-14-15-25-12-8-9-13-26(25)16-24)31-21(3)19-30-22(4)27(29)17-23-10-6-5-7-11-23/h5-16,27-28,30-31H,1,3-4,17-19,29H2,2H3. The van der Waals surface area contributed by atoms with E-state index >= 15 is 0 Å². The normalized spacial score (nSPS) is 12.7. The Morgan fingerprint density at radius 1 is 0.839 bits per heavy atom. The maximum Gasteiger partial charge on any atom is 0.0539 e. The van der Waals surface area contributed by atoms with Gasteiger partial charge in [0.25, 0.3) is 0 Å². The van der Waals surface area contributed by atoms with Crippen LogP contribution in [-0.2, 0) is 12.8 Å². The van der Waals surface area contributed by atoms with Crippen molar-refractivity contribution < 1.29 is 0 Å². The Bertz CT molecular complexity index is 1050. The van der Waals surface area contributed by atoms with E-state index in [0.717, 1.165) is 29.8 Å². The summed E-state index contributed by atoms with van der Waals surface area (Å²) in [6.07, 6.45) is 1.61. The fourth-order valence-electron chi connectivity index (χ4n) is 3.59. The molecule has 0 bridgehead atoms. The van der Waals surface area contributed by atoms with Gasteiger partial charge in [-0.2, -0.15) is 0 Å². The summed E-state index contributed by atoms with van der Waals surface area (Å²) in [5, 5.41) is 9.35. The van der Waals surface area contributed by atoms with Gasteiger partial charge in [-0.15, -0.1) is 0 Å². The molecule has 0 aliphatic carbocycles. The van der Waals surface area contributed by atoms with E-state index in [9.17, 15) is 0 Å². The molecular weight excluding hydrogens is 378 g/mol. The van der Waals surface area contributed by atoms with Crippen molar-refractivity contribution in [2.75, 3.05) is 6.54 Å². The summed E-state index contributed by atoms with van der Waals surface area (Å²) in [5.41, 5.74) is 11.6. The van der Waals surface area contributed by atoms with Crippen LogP contribution in [0.2, 0.25) is 0 Å². The highest BCUT2D eigenvalue weighted by Gasteiger charge is 2.13. The minimum Gasteiger partial charge on any atom is -0.382 e. The van der Waals surface area contributed by atoms with E-state index in [2.05, 4.69) is 85.0 Å². The number of hydrogen-bond acceptors (Lipinski definition) is 3. The maximum absolute atomic E-state index is 6.31. The van der Waals surface area contributed by atoms with Crippen molar-refractivity contribution in [3.63, 3.8) is 0 Å². The Kier molecular flexibility index (Phi) is 7.69. The van der Waals surface area contributed by atoms with Crippen LogP contribution < -0.4 is 16.4 Å². The van der Waals surface area contributed by atoms with Crippen LogP contribution in [0, 0.1) is 0 Å².